The number of benzene rings is 2. The summed E-state index contributed by atoms with van der Waals surface area (Å²) in [5, 5.41) is 2.95. The molecule has 0 bridgehead atoms. The third-order valence-corrected chi connectivity index (χ3v) is 4.42. The molecule has 3 rings (SSSR count). The van der Waals surface area contributed by atoms with Crippen LogP contribution in [0, 0.1) is 0 Å². The molecule has 2 atom stereocenters. The first-order valence-electron chi connectivity index (χ1n) is 7.81. The predicted octanol–water partition coefficient (Wildman–Crippen LogP) is 3.51. The van der Waals surface area contributed by atoms with Gasteiger partial charge in [0.25, 0.3) is 5.91 Å². The van der Waals surface area contributed by atoms with Crippen molar-refractivity contribution >= 4 is 5.91 Å². The zero-order chi connectivity index (χ0) is 16.4. The zero-order valence-electron chi connectivity index (χ0n) is 13.6. The molecular weight excluding hydrogens is 290 g/mol. The van der Waals surface area contributed by atoms with Crippen molar-refractivity contribution in [3.63, 3.8) is 0 Å². The van der Waals surface area contributed by atoms with Gasteiger partial charge in [-0.1, -0.05) is 37.3 Å². The predicted molar refractivity (Wildman–Crippen MR) is 89.1 cm³/mol. The number of methoxy groups -OCH3 is 1. The molecule has 1 amide bonds. The van der Waals surface area contributed by atoms with Crippen LogP contribution in [0.3, 0.4) is 0 Å². The van der Waals surface area contributed by atoms with Gasteiger partial charge < -0.3 is 14.8 Å². The van der Waals surface area contributed by atoms with E-state index in [9.17, 15) is 4.79 Å². The van der Waals surface area contributed by atoms with E-state index in [1.165, 1.54) is 0 Å². The van der Waals surface area contributed by atoms with Crippen molar-refractivity contribution in [1.29, 1.82) is 0 Å². The van der Waals surface area contributed by atoms with Crippen LogP contribution in [0.1, 0.15) is 41.3 Å². The van der Waals surface area contributed by atoms with E-state index in [4.69, 9.17) is 9.47 Å². The average molecular weight is 311 g/mol. The summed E-state index contributed by atoms with van der Waals surface area (Å²) < 4.78 is 11.2. The Labute approximate surface area is 136 Å². The van der Waals surface area contributed by atoms with E-state index in [0.29, 0.717) is 23.8 Å². The van der Waals surface area contributed by atoms with E-state index < -0.39 is 0 Å². The van der Waals surface area contributed by atoms with Crippen LogP contribution in [0.15, 0.2) is 42.5 Å². The molecule has 0 radical (unpaired) electrons. The van der Waals surface area contributed by atoms with Gasteiger partial charge >= 0.3 is 0 Å². The maximum Gasteiger partial charge on any atom is 0.255 e. The van der Waals surface area contributed by atoms with E-state index >= 15 is 0 Å². The maximum atomic E-state index is 12.6. The highest BCUT2D eigenvalue weighted by molar-refractivity contribution is 5.97. The first-order chi connectivity index (χ1) is 11.1. The van der Waals surface area contributed by atoms with Gasteiger partial charge in [0.05, 0.1) is 12.7 Å². The highest BCUT2D eigenvalue weighted by Crippen LogP contribution is 2.40. The van der Waals surface area contributed by atoms with Crippen LogP contribution < -0.4 is 14.8 Å². The molecule has 1 N–H and O–H groups in total. The minimum Gasteiger partial charge on any atom is -0.496 e. The number of amides is 1. The Bertz CT molecular complexity index is 726. The first-order valence-corrected chi connectivity index (χ1v) is 7.81. The summed E-state index contributed by atoms with van der Waals surface area (Å²) in [6, 6.07) is 13.4. The molecule has 4 nitrogen and oxygen atoms in total. The second-order valence-electron chi connectivity index (χ2n) is 5.83. The Morgan fingerprint density at radius 3 is 2.74 bits per heavy atom. The van der Waals surface area contributed by atoms with E-state index in [1.807, 2.05) is 43.3 Å². The van der Waals surface area contributed by atoms with Crippen LogP contribution in [0.5, 0.6) is 11.5 Å². The summed E-state index contributed by atoms with van der Waals surface area (Å²) in [4.78, 5) is 12.6. The van der Waals surface area contributed by atoms with Crippen molar-refractivity contribution in [3.8, 4) is 11.5 Å². The largest absolute Gasteiger partial charge is 0.496 e. The summed E-state index contributed by atoms with van der Waals surface area (Å²) >= 11 is 0. The molecule has 0 spiro atoms. The molecule has 23 heavy (non-hydrogen) atoms. The third-order valence-electron chi connectivity index (χ3n) is 4.42. The fourth-order valence-electron chi connectivity index (χ4n) is 2.88. The van der Waals surface area contributed by atoms with Crippen molar-refractivity contribution in [2.45, 2.75) is 32.4 Å². The molecule has 1 aliphatic heterocycles. The van der Waals surface area contributed by atoms with Crippen molar-refractivity contribution < 1.29 is 14.3 Å². The maximum absolute atomic E-state index is 12.6. The minimum absolute atomic E-state index is 0.0909. The molecule has 0 saturated carbocycles. The number of rotatable bonds is 4. The Morgan fingerprint density at radius 1 is 1.17 bits per heavy atom. The second kappa shape index (κ2) is 6.32. The first kappa shape index (κ1) is 15.4. The molecule has 1 heterocycles. The molecule has 4 heteroatoms. The molecule has 2 aromatic carbocycles. The molecule has 120 valence electrons. The fraction of sp³-hybridized carbons (Fsp3) is 0.316. The van der Waals surface area contributed by atoms with Gasteiger partial charge in [0, 0.05) is 23.6 Å². The zero-order valence-corrected chi connectivity index (χ0v) is 13.6. The number of nitrogens with one attached hydrogen (secondary N) is 1. The standard InChI is InChI=1S/C19H21NO3/c1-12-13(2)23-18-15(12)8-6-9-16(18)19(21)20-11-14-7-4-5-10-17(14)22-3/h4-10,12-13H,11H2,1-3H3,(H,20,21)/t12-,13+/m0/s1. The van der Waals surface area contributed by atoms with E-state index in [2.05, 4.69) is 12.2 Å². The summed E-state index contributed by atoms with van der Waals surface area (Å²) in [5.41, 5.74) is 2.63. The summed E-state index contributed by atoms with van der Waals surface area (Å²) in [5.74, 6) is 1.65. The minimum atomic E-state index is -0.131. The van der Waals surface area contributed by atoms with Crippen LogP contribution in [0.2, 0.25) is 0 Å². The quantitative estimate of drug-likeness (QED) is 0.940. The SMILES string of the molecule is COc1ccccc1CNC(=O)c1cccc2c1O[C@H](C)[C@@H]2C. The van der Waals surface area contributed by atoms with Crippen LogP contribution in [0.25, 0.3) is 0 Å². The fourth-order valence-corrected chi connectivity index (χ4v) is 2.88. The van der Waals surface area contributed by atoms with Gasteiger partial charge in [0.2, 0.25) is 0 Å². The number of fused-ring (bicyclic) bond motifs is 1. The van der Waals surface area contributed by atoms with Gasteiger partial charge in [-0.25, -0.2) is 0 Å². The van der Waals surface area contributed by atoms with E-state index in [1.54, 1.807) is 13.2 Å². The number of para-hydroxylation sites is 2. The smallest absolute Gasteiger partial charge is 0.255 e. The lowest BCUT2D eigenvalue weighted by Gasteiger charge is -2.12. The van der Waals surface area contributed by atoms with Crippen LogP contribution in [-0.2, 0) is 6.54 Å². The monoisotopic (exact) mass is 311 g/mol. The van der Waals surface area contributed by atoms with Gasteiger partial charge in [0.15, 0.2) is 0 Å². The summed E-state index contributed by atoms with van der Waals surface area (Å²) in [6.07, 6.45) is 0.0909. The van der Waals surface area contributed by atoms with Crippen molar-refractivity contribution in [1.82, 2.24) is 5.32 Å². The van der Waals surface area contributed by atoms with Crippen LogP contribution in [-0.4, -0.2) is 19.1 Å². The van der Waals surface area contributed by atoms with Crippen molar-refractivity contribution in [2.24, 2.45) is 0 Å². The topological polar surface area (TPSA) is 47.6 Å². The van der Waals surface area contributed by atoms with Crippen molar-refractivity contribution in [2.75, 3.05) is 7.11 Å². The number of hydrogen-bond donors (Lipinski definition) is 1. The summed E-state index contributed by atoms with van der Waals surface area (Å²) in [6.45, 7) is 4.56. The lowest BCUT2D eigenvalue weighted by atomic mass is 9.97. The van der Waals surface area contributed by atoms with E-state index in [-0.39, 0.29) is 12.0 Å². The lowest BCUT2D eigenvalue weighted by Crippen LogP contribution is -2.23. The number of hydrogen-bond acceptors (Lipinski definition) is 3. The number of ether oxygens (including phenoxy) is 2. The molecule has 0 saturated heterocycles. The Kier molecular flexibility index (Phi) is 4.24. The van der Waals surface area contributed by atoms with Gasteiger partial charge in [0.1, 0.15) is 17.6 Å². The Balaban J connectivity index is 1.78. The molecular formula is C19H21NO3. The molecule has 0 fully saturated rings. The van der Waals surface area contributed by atoms with Crippen LogP contribution >= 0.6 is 0 Å². The van der Waals surface area contributed by atoms with E-state index in [0.717, 1.165) is 16.9 Å². The van der Waals surface area contributed by atoms with Crippen LogP contribution in [0.4, 0.5) is 0 Å². The van der Waals surface area contributed by atoms with Gasteiger partial charge in [-0.15, -0.1) is 0 Å². The highest BCUT2D eigenvalue weighted by atomic mass is 16.5. The molecule has 2 aromatic rings. The van der Waals surface area contributed by atoms with Gasteiger partial charge in [-0.05, 0) is 19.1 Å². The van der Waals surface area contributed by atoms with Gasteiger partial charge in [-0.2, -0.15) is 0 Å². The second-order valence-corrected chi connectivity index (χ2v) is 5.83. The highest BCUT2D eigenvalue weighted by Gasteiger charge is 2.30. The third kappa shape index (κ3) is 2.89. The molecule has 0 unspecified atom stereocenters. The van der Waals surface area contributed by atoms with Gasteiger partial charge in [-0.3, -0.25) is 4.79 Å². The number of carbonyl (C=O) groups excluding carboxylic acids is 1. The number of carbonyl (C=O) groups is 1. The average Bonchev–Trinajstić information content (AvgIpc) is 2.87. The summed E-state index contributed by atoms with van der Waals surface area (Å²) in [7, 11) is 1.63. The normalized spacial score (nSPS) is 18.9. The molecule has 0 aromatic heterocycles. The van der Waals surface area contributed by atoms with Crippen molar-refractivity contribution in [3.05, 3.63) is 59.2 Å². The molecule has 1 aliphatic rings. The Morgan fingerprint density at radius 2 is 1.96 bits per heavy atom. The lowest BCUT2D eigenvalue weighted by molar-refractivity contribution is 0.0945. The Hall–Kier alpha value is -2.49. The molecule has 0 aliphatic carbocycles.